The van der Waals surface area contributed by atoms with E-state index in [1.54, 1.807) is 0 Å². The van der Waals surface area contributed by atoms with Gasteiger partial charge in [0.1, 0.15) is 0 Å². The second kappa shape index (κ2) is 4.60. The molecule has 1 heterocycles. The molecule has 1 atom stereocenters. The molecule has 0 bridgehead atoms. The molecule has 0 spiro atoms. The van der Waals surface area contributed by atoms with Gasteiger partial charge in [0.05, 0.1) is 6.10 Å². The molecule has 84 valence electrons. The van der Waals surface area contributed by atoms with Crippen LogP contribution in [0.4, 0.5) is 0 Å². The lowest BCUT2D eigenvalue weighted by Crippen LogP contribution is -2.52. The zero-order valence-electron chi connectivity index (χ0n) is 9.79. The topological polar surface area (TPSA) is 32.7 Å². The van der Waals surface area contributed by atoms with Crippen LogP contribution in [-0.4, -0.2) is 49.0 Å². The molecule has 1 saturated heterocycles. The molecular weight excluding hydrogens is 178 g/mol. The van der Waals surface area contributed by atoms with E-state index >= 15 is 0 Å². The molecule has 3 nitrogen and oxygen atoms in total. The van der Waals surface area contributed by atoms with Crippen LogP contribution in [0.1, 0.15) is 26.7 Å². The van der Waals surface area contributed by atoms with Crippen molar-refractivity contribution in [3.63, 3.8) is 0 Å². The quantitative estimate of drug-likeness (QED) is 0.742. The average molecular weight is 201 g/mol. The van der Waals surface area contributed by atoms with E-state index in [2.05, 4.69) is 18.7 Å². The normalized spacial score (nSPS) is 22.7. The van der Waals surface area contributed by atoms with Gasteiger partial charge in [0.2, 0.25) is 0 Å². The lowest BCUT2D eigenvalue weighted by Gasteiger charge is -2.42. The van der Waals surface area contributed by atoms with E-state index in [9.17, 15) is 5.11 Å². The molecule has 0 aromatic carbocycles. The first-order valence-corrected chi connectivity index (χ1v) is 5.39. The number of aliphatic hydroxyl groups is 1. The monoisotopic (exact) mass is 201 g/mol. The van der Waals surface area contributed by atoms with Crippen LogP contribution in [0.15, 0.2) is 0 Å². The van der Waals surface area contributed by atoms with Gasteiger partial charge in [-0.1, -0.05) is 0 Å². The third kappa shape index (κ3) is 2.47. The van der Waals surface area contributed by atoms with Gasteiger partial charge in [0.25, 0.3) is 0 Å². The minimum absolute atomic E-state index is 0.151. The zero-order chi connectivity index (χ0) is 10.8. The maximum absolute atomic E-state index is 10.3. The van der Waals surface area contributed by atoms with E-state index in [1.165, 1.54) is 0 Å². The molecule has 0 amide bonds. The molecule has 0 radical (unpaired) electrons. The molecule has 3 heteroatoms. The number of nitrogens with zero attached hydrogens (tertiary/aromatic N) is 1. The molecule has 14 heavy (non-hydrogen) atoms. The molecule has 0 aliphatic carbocycles. The van der Waals surface area contributed by atoms with Crippen LogP contribution < -0.4 is 0 Å². The molecule has 1 aliphatic heterocycles. The minimum Gasteiger partial charge on any atom is -0.391 e. The zero-order valence-corrected chi connectivity index (χ0v) is 9.79. The highest BCUT2D eigenvalue weighted by Crippen LogP contribution is 2.28. The summed E-state index contributed by atoms with van der Waals surface area (Å²) < 4.78 is 5.30. The second-order valence-corrected chi connectivity index (χ2v) is 4.94. The first kappa shape index (κ1) is 12.0. The van der Waals surface area contributed by atoms with Crippen molar-refractivity contribution in [2.45, 2.75) is 38.3 Å². The van der Waals surface area contributed by atoms with Gasteiger partial charge >= 0.3 is 0 Å². The van der Waals surface area contributed by atoms with Gasteiger partial charge in [-0.25, -0.2) is 0 Å². The van der Waals surface area contributed by atoms with Crippen LogP contribution in [-0.2, 0) is 4.74 Å². The van der Waals surface area contributed by atoms with Crippen LogP contribution in [0.5, 0.6) is 0 Å². The Morgan fingerprint density at radius 3 is 2.21 bits per heavy atom. The molecule has 0 saturated carbocycles. The molecule has 1 rings (SSSR count). The molecule has 1 aliphatic rings. The van der Waals surface area contributed by atoms with Crippen LogP contribution in [0.25, 0.3) is 0 Å². The third-order valence-electron chi connectivity index (χ3n) is 3.59. The summed E-state index contributed by atoms with van der Waals surface area (Å²) in [5.41, 5.74) is -0.151. The highest BCUT2D eigenvalue weighted by molar-refractivity contribution is 4.90. The van der Waals surface area contributed by atoms with Crippen molar-refractivity contribution in [1.29, 1.82) is 0 Å². The lowest BCUT2D eigenvalue weighted by atomic mass is 9.82. The lowest BCUT2D eigenvalue weighted by molar-refractivity contribution is -0.0570. The molecular formula is C11H23NO2. The smallest absolute Gasteiger partial charge is 0.0748 e. The summed E-state index contributed by atoms with van der Waals surface area (Å²) in [5, 5.41) is 10.3. The van der Waals surface area contributed by atoms with Crippen molar-refractivity contribution in [3.8, 4) is 0 Å². The number of ether oxygens (including phenoxy) is 1. The van der Waals surface area contributed by atoms with E-state index in [1.807, 2.05) is 14.1 Å². The summed E-state index contributed by atoms with van der Waals surface area (Å²) >= 11 is 0. The van der Waals surface area contributed by atoms with E-state index in [0.29, 0.717) is 5.92 Å². The second-order valence-electron chi connectivity index (χ2n) is 4.94. The minimum atomic E-state index is -0.263. The molecule has 0 aromatic heterocycles. The largest absolute Gasteiger partial charge is 0.391 e. The fourth-order valence-electron chi connectivity index (χ4n) is 1.87. The van der Waals surface area contributed by atoms with E-state index in [-0.39, 0.29) is 11.6 Å². The van der Waals surface area contributed by atoms with Crippen molar-refractivity contribution < 1.29 is 9.84 Å². The van der Waals surface area contributed by atoms with Crippen molar-refractivity contribution in [1.82, 2.24) is 4.90 Å². The highest BCUT2D eigenvalue weighted by atomic mass is 16.5. The highest BCUT2D eigenvalue weighted by Gasteiger charge is 2.36. The Labute approximate surface area is 87.1 Å². The fourth-order valence-corrected chi connectivity index (χ4v) is 1.87. The summed E-state index contributed by atoms with van der Waals surface area (Å²) in [7, 11) is 4.03. The van der Waals surface area contributed by atoms with E-state index in [0.717, 1.165) is 26.1 Å². The van der Waals surface area contributed by atoms with Crippen LogP contribution >= 0.6 is 0 Å². The van der Waals surface area contributed by atoms with Gasteiger partial charge in [-0.15, -0.1) is 0 Å². The Hall–Kier alpha value is -0.120. The molecule has 1 unspecified atom stereocenters. The summed E-state index contributed by atoms with van der Waals surface area (Å²) in [4.78, 5) is 2.09. The maximum Gasteiger partial charge on any atom is 0.0748 e. The van der Waals surface area contributed by atoms with Gasteiger partial charge in [-0.2, -0.15) is 0 Å². The summed E-state index contributed by atoms with van der Waals surface area (Å²) in [5.74, 6) is 0.390. The SMILES string of the molecule is CN(C)C(C)(C)C(O)C1CCOCC1. The van der Waals surface area contributed by atoms with Gasteiger partial charge in [0.15, 0.2) is 0 Å². The standard InChI is InChI=1S/C11H23NO2/c1-11(2,12(3)4)10(13)9-5-7-14-8-6-9/h9-10,13H,5-8H2,1-4H3. The molecule has 1 N–H and O–H groups in total. The number of rotatable bonds is 3. The number of hydrogen-bond donors (Lipinski definition) is 1. The van der Waals surface area contributed by atoms with Gasteiger partial charge < -0.3 is 14.7 Å². The third-order valence-corrected chi connectivity index (χ3v) is 3.59. The van der Waals surface area contributed by atoms with Crippen molar-refractivity contribution in [2.75, 3.05) is 27.3 Å². The van der Waals surface area contributed by atoms with Crippen LogP contribution in [0.2, 0.25) is 0 Å². The Bertz CT molecular complexity index is 174. The van der Waals surface area contributed by atoms with Gasteiger partial charge in [0, 0.05) is 18.8 Å². The number of likely N-dealkylation sites (N-methyl/N-ethyl adjacent to an activating group) is 1. The predicted molar refractivity (Wildman–Crippen MR) is 57.3 cm³/mol. The molecule has 0 aromatic rings. The van der Waals surface area contributed by atoms with Gasteiger partial charge in [-0.3, -0.25) is 0 Å². The van der Waals surface area contributed by atoms with Crippen LogP contribution in [0.3, 0.4) is 0 Å². The first-order valence-electron chi connectivity index (χ1n) is 5.39. The first-order chi connectivity index (χ1) is 6.46. The average Bonchev–Trinajstić information content (AvgIpc) is 2.17. The maximum atomic E-state index is 10.3. The summed E-state index contributed by atoms with van der Waals surface area (Å²) in [6, 6.07) is 0. The van der Waals surface area contributed by atoms with E-state index < -0.39 is 0 Å². The molecule has 1 fully saturated rings. The Kier molecular flexibility index (Phi) is 3.93. The van der Waals surface area contributed by atoms with Crippen molar-refractivity contribution >= 4 is 0 Å². The van der Waals surface area contributed by atoms with Crippen LogP contribution in [0, 0.1) is 5.92 Å². The summed E-state index contributed by atoms with van der Waals surface area (Å²) in [6.07, 6.45) is 1.71. The van der Waals surface area contributed by atoms with Crippen molar-refractivity contribution in [2.24, 2.45) is 5.92 Å². The Morgan fingerprint density at radius 1 is 1.29 bits per heavy atom. The Morgan fingerprint density at radius 2 is 1.79 bits per heavy atom. The van der Waals surface area contributed by atoms with Gasteiger partial charge in [-0.05, 0) is 46.7 Å². The number of aliphatic hydroxyl groups excluding tert-OH is 1. The predicted octanol–water partition coefficient (Wildman–Crippen LogP) is 1.11. The summed E-state index contributed by atoms with van der Waals surface area (Å²) in [6.45, 7) is 5.77. The van der Waals surface area contributed by atoms with E-state index in [4.69, 9.17) is 4.74 Å². The Balaban J connectivity index is 2.57. The number of hydrogen-bond acceptors (Lipinski definition) is 3. The fraction of sp³-hybridized carbons (Fsp3) is 1.00. The van der Waals surface area contributed by atoms with Crippen molar-refractivity contribution in [3.05, 3.63) is 0 Å².